The topological polar surface area (TPSA) is 131 Å². The summed E-state index contributed by atoms with van der Waals surface area (Å²) in [6.45, 7) is 2.72. The summed E-state index contributed by atoms with van der Waals surface area (Å²) in [5.74, 6) is -0.471. The fourth-order valence-corrected chi connectivity index (χ4v) is 7.72. The molecule has 218 valence electrons. The van der Waals surface area contributed by atoms with Crippen LogP contribution in [0.15, 0.2) is 44.6 Å². The first-order valence-electron chi connectivity index (χ1n) is 13.9. The Kier molecular flexibility index (Phi) is 7.78. The van der Waals surface area contributed by atoms with Gasteiger partial charge in [0.25, 0.3) is 17.2 Å². The van der Waals surface area contributed by atoms with Crippen LogP contribution < -0.4 is 10.6 Å². The summed E-state index contributed by atoms with van der Waals surface area (Å²) in [6.07, 6.45) is 2.44. The number of benzene rings is 1. The molecule has 3 amide bonds. The normalized spacial score (nSPS) is 27.3. The van der Waals surface area contributed by atoms with Gasteiger partial charge in [0, 0.05) is 65.8 Å². The average Bonchev–Trinajstić information content (AvgIpc) is 3.72. The lowest BCUT2D eigenvalue weighted by Gasteiger charge is -2.37. The van der Waals surface area contributed by atoms with Gasteiger partial charge in [-0.1, -0.05) is 11.6 Å². The van der Waals surface area contributed by atoms with Gasteiger partial charge in [-0.3, -0.25) is 14.4 Å². The molecule has 1 saturated heterocycles. The summed E-state index contributed by atoms with van der Waals surface area (Å²) in [5, 5.41) is 9.50. The summed E-state index contributed by atoms with van der Waals surface area (Å²) < 4.78 is 10.4. The number of rotatable bonds is 4. The van der Waals surface area contributed by atoms with Crippen LogP contribution in [0, 0.1) is 5.92 Å². The fourth-order valence-electron chi connectivity index (χ4n) is 5.97. The van der Waals surface area contributed by atoms with Crippen LogP contribution in [-0.4, -0.2) is 96.3 Å². The van der Waals surface area contributed by atoms with Crippen LogP contribution in [0.4, 0.5) is 4.79 Å². The number of likely N-dealkylation sites (tertiary alicyclic amines) is 1. The van der Waals surface area contributed by atoms with Crippen LogP contribution in [-0.2, 0) is 20.2 Å². The molecule has 4 heterocycles. The van der Waals surface area contributed by atoms with Crippen LogP contribution >= 0.6 is 11.6 Å². The van der Waals surface area contributed by atoms with E-state index in [9.17, 15) is 14.4 Å². The molecule has 3 aliphatic heterocycles. The van der Waals surface area contributed by atoms with E-state index in [4.69, 9.17) is 20.7 Å². The Morgan fingerprint density at radius 1 is 1.15 bits per heavy atom. The maximum absolute atomic E-state index is 13.5. The molecule has 6 rings (SSSR count). The minimum atomic E-state index is -0.938. The molecule has 41 heavy (non-hydrogen) atoms. The standard InChI is InChI=1S/C28H34ClN7O4S/c1-35(2)26(38)16-3-5-22(32-25(37)24-13-17-11-19(29)4-6-20(17)31-24)23(12-16)33-28(39)41-15-18-14-36(9-7-21(18)34-41)27-30-8-10-40-27/h4,6,11,13,15-16,21-23,31H,3,5,7-10,12,14H2,1-2H3,(H,32,37)(H,33,39)/t16-,21?,22-,23+,41?/m0/s1. The van der Waals surface area contributed by atoms with Gasteiger partial charge in [-0.25, -0.2) is 9.36 Å². The highest BCUT2D eigenvalue weighted by atomic mass is 35.5. The molecule has 1 saturated carbocycles. The number of carbonyl (C=O) groups excluding carboxylic acids is 3. The van der Waals surface area contributed by atoms with Gasteiger partial charge in [-0.2, -0.15) is 0 Å². The van der Waals surface area contributed by atoms with E-state index in [2.05, 4.69) is 25.5 Å². The summed E-state index contributed by atoms with van der Waals surface area (Å²) in [4.78, 5) is 50.9. The van der Waals surface area contributed by atoms with Crippen molar-refractivity contribution < 1.29 is 19.1 Å². The van der Waals surface area contributed by atoms with Gasteiger partial charge in [-0.15, -0.1) is 0 Å². The minimum absolute atomic E-state index is 0.0165. The van der Waals surface area contributed by atoms with Crippen LogP contribution in [0.1, 0.15) is 36.2 Å². The second-order valence-corrected chi connectivity index (χ2v) is 13.0. The zero-order chi connectivity index (χ0) is 28.7. The van der Waals surface area contributed by atoms with Gasteiger partial charge >= 0.3 is 0 Å². The Balaban J connectivity index is 1.16. The molecule has 2 aromatic rings. The Morgan fingerprint density at radius 2 is 2.00 bits per heavy atom. The molecule has 0 spiro atoms. The van der Waals surface area contributed by atoms with Crippen molar-refractivity contribution in [3.8, 4) is 0 Å². The lowest BCUT2D eigenvalue weighted by Crippen LogP contribution is -2.56. The third-order valence-corrected chi connectivity index (χ3v) is 9.84. The highest BCUT2D eigenvalue weighted by molar-refractivity contribution is 8.04. The number of carbonyl (C=O) groups is 3. The number of hydrogen-bond acceptors (Lipinski definition) is 7. The van der Waals surface area contributed by atoms with Gasteiger partial charge in [0.1, 0.15) is 12.3 Å². The number of nitrogens with zero attached hydrogens (tertiary/aromatic N) is 4. The molecular weight excluding hydrogens is 566 g/mol. The average molecular weight is 600 g/mol. The van der Waals surface area contributed by atoms with E-state index in [-0.39, 0.29) is 35.1 Å². The van der Waals surface area contributed by atoms with Crippen molar-refractivity contribution in [2.75, 3.05) is 40.3 Å². The van der Waals surface area contributed by atoms with E-state index < -0.39 is 16.7 Å². The van der Waals surface area contributed by atoms with E-state index in [1.54, 1.807) is 37.2 Å². The third-order valence-electron chi connectivity index (χ3n) is 8.10. The Labute approximate surface area is 245 Å². The van der Waals surface area contributed by atoms with Crippen molar-refractivity contribution in [3.05, 3.63) is 46.0 Å². The van der Waals surface area contributed by atoms with Gasteiger partial charge in [0.2, 0.25) is 5.91 Å². The van der Waals surface area contributed by atoms with Crippen molar-refractivity contribution in [1.82, 2.24) is 25.4 Å². The molecule has 4 aliphatic rings. The molecular formula is C28H34ClN7O4S. The number of aromatic amines is 1. The Hall–Kier alpha value is -3.38. The molecule has 1 aliphatic carbocycles. The lowest BCUT2D eigenvalue weighted by atomic mass is 9.81. The van der Waals surface area contributed by atoms with Crippen molar-refractivity contribution in [2.24, 2.45) is 15.3 Å². The number of ether oxygens (including phenoxy) is 1. The number of aromatic nitrogens is 1. The predicted molar refractivity (Wildman–Crippen MR) is 159 cm³/mol. The van der Waals surface area contributed by atoms with E-state index in [1.165, 1.54) is 0 Å². The quantitative estimate of drug-likeness (QED) is 0.497. The molecule has 13 heteroatoms. The summed E-state index contributed by atoms with van der Waals surface area (Å²) >= 11 is 6.11. The van der Waals surface area contributed by atoms with E-state index in [1.807, 2.05) is 11.5 Å². The highest BCUT2D eigenvalue weighted by Gasteiger charge is 2.38. The van der Waals surface area contributed by atoms with Gasteiger partial charge in [0.05, 0.1) is 18.6 Å². The first-order chi connectivity index (χ1) is 19.7. The molecule has 0 radical (unpaired) electrons. The number of amides is 3. The molecule has 3 N–H and O–H groups in total. The smallest absolute Gasteiger partial charge is 0.294 e. The molecule has 0 bridgehead atoms. The highest BCUT2D eigenvalue weighted by Crippen LogP contribution is 2.30. The maximum Gasteiger partial charge on any atom is 0.294 e. The Morgan fingerprint density at radius 3 is 2.78 bits per heavy atom. The molecule has 11 nitrogen and oxygen atoms in total. The van der Waals surface area contributed by atoms with Crippen molar-refractivity contribution in [3.63, 3.8) is 0 Å². The fraction of sp³-hybridized carbons (Fsp3) is 0.500. The number of fused-ring (bicyclic) bond motifs is 2. The molecule has 5 atom stereocenters. The van der Waals surface area contributed by atoms with Crippen molar-refractivity contribution >= 4 is 56.3 Å². The molecule has 2 fully saturated rings. The van der Waals surface area contributed by atoms with Gasteiger partial charge < -0.3 is 30.2 Å². The largest absolute Gasteiger partial charge is 0.463 e. The number of nitrogens with one attached hydrogen (secondary N) is 3. The minimum Gasteiger partial charge on any atom is -0.463 e. The molecule has 1 aromatic heterocycles. The van der Waals surface area contributed by atoms with Crippen LogP contribution in [0.2, 0.25) is 5.02 Å². The van der Waals surface area contributed by atoms with Gasteiger partial charge in [0.15, 0.2) is 0 Å². The van der Waals surface area contributed by atoms with Crippen LogP contribution in [0.25, 0.3) is 10.9 Å². The first kappa shape index (κ1) is 27.8. The van der Waals surface area contributed by atoms with Crippen LogP contribution in [0.5, 0.6) is 0 Å². The number of H-pyrrole nitrogens is 1. The van der Waals surface area contributed by atoms with Crippen molar-refractivity contribution in [2.45, 2.75) is 43.8 Å². The second kappa shape index (κ2) is 11.5. The lowest BCUT2D eigenvalue weighted by molar-refractivity contribution is -0.134. The summed E-state index contributed by atoms with van der Waals surface area (Å²) in [6, 6.07) is 7.13. The third kappa shape index (κ3) is 5.85. The molecule has 2 unspecified atom stereocenters. The number of hydrogen-bond donors (Lipinski definition) is 3. The van der Waals surface area contributed by atoms with Gasteiger partial charge in [-0.05, 0) is 60.9 Å². The van der Waals surface area contributed by atoms with Crippen LogP contribution in [0.3, 0.4) is 0 Å². The zero-order valence-corrected chi connectivity index (χ0v) is 24.6. The monoisotopic (exact) mass is 599 g/mol. The Bertz CT molecular complexity index is 1480. The van der Waals surface area contributed by atoms with Crippen molar-refractivity contribution in [1.29, 1.82) is 0 Å². The summed E-state index contributed by atoms with van der Waals surface area (Å²) in [5.41, 5.74) is 2.34. The number of halogens is 1. The number of amidine groups is 1. The number of aliphatic imine (C=N–C) groups is 1. The summed E-state index contributed by atoms with van der Waals surface area (Å²) in [7, 11) is 2.54. The SMILES string of the molecule is CN(C)C(=O)[C@H]1CC[C@H](NC(=O)c2cc3cc(Cl)ccc3[nH]2)[C@H](NC(=O)S2=NC3CCN(C4=NCCO4)CC3=C2)C1. The van der Waals surface area contributed by atoms with E-state index in [0.29, 0.717) is 55.7 Å². The second-order valence-electron chi connectivity index (χ2n) is 11.1. The van der Waals surface area contributed by atoms with E-state index >= 15 is 0 Å². The van der Waals surface area contributed by atoms with E-state index in [0.717, 1.165) is 29.4 Å². The zero-order valence-electron chi connectivity index (χ0n) is 23.1. The molecule has 1 aromatic carbocycles. The first-order valence-corrected chi connectivity index (χ1v) is 15.5. The predicted octanol–water partition coefficient (Wildman–Crippen LogP) is 3.05. The number of piperidine rings is 1. The maximum atomic E-state index is 13.5.